The zero-order valence-electron chi connectivity index (χ0n) is 16.6. The number of carbonyl (C=O) groups excluding carboxylic acids is 1. The second kappa shape index (κ2) is 10.6. The van der Waals surface area contributed by atoms with Crippen LogP contribution in [0.3, 0.4) is 0 Å². The first-order chi connectivity index (χ1) is 12.5. The number of esters is 1. The molecule has 5 nitrogen and oxygen atoms in total. The smallest absolute Gasteiger partial charge is 0.334 e. The summed E-state index contributed by atoms with van der Waals surface area (Å²) in [6.07, 6.45) is 12.1. The van der Waals surface area contributed by atoms with E-state index in [0.717, 1.165) is 25.3 Å². The first-order valence-corrected chi connectivity index (χ1v) is 12.7. The van der Waals surface area contributed by atoms with Crippen molar-refractivity contribution in [3.05, 3.63) is 12.2 Å². The Morgan fingerprint density at radius 1 is 1.12 bits per heavy atom. The van der Waals surface area contributed by atoms with Crippen LogP contribution in [0.5, 0.6) is 0 Å². The summed E-state index contributed by atoms with van der Waals surface area (Å²) in [7, 11) is 1.36. The molecule has 0 aromatic rings. The molecule has 0 saturated heterocycles. The SMILES string of the molecule is CO[Si](C)(CCC1CCC(O)C(OC(=O)/C=C/C2CCCCC2)C1)OC. The Labute approximate surface area is 159 Å². The molecule has 150 valence electrons. The number of carbonyl (C=O) groups is 1. The quantitative estimate of drug-likeness (QED) is 0.390. The van der Waals surface area contributed by atoms with Gasteiger partial charge >= 0.3 is 14.5 Å². The third-order valence-electron chi connectivity index (χ3n) is 6.16. The predicted molar refractivity (Wildman–Crippen MR) is 104 cm³/mol. The molecule has 0 aromatic heterocycles. The van der Waals surface area contributed by atoms with Crippen molar-refractivity contribution in [2.45, 2.75) is 82.6 Å². The molecule has 3 unspecified atom stereocenters. The van der Waals surface area contributed by atoms with E-state index in [0.29, 0.717) is 18.3 Å². The lowest BCUT2D eigenvalue weighted by Gasteiger charge is -2.34. The highest BCUT2D eigenvalue weighted by Gasteiger charge is 2.35. The summed E-state index contributed by atoms with van der Waals surface area (Å²) in [6, 6.07) is 0.920. The minimum atomic E-state index is -2.07. The van der Waals surface area contributed by atoms with E-state index in [9.17, 15) is 9.90 Å². The van der Waals surface area contributed by atoms with Crippen molar-refractivity contribution < 1.29 is 23.5 Å². The maximum atomic E-state index is 12.2. The molecule has 1 N–H and O–H groups in total. The highest BCUT2D eigenvalue weighted by atomic mass is 28.4. The fourth-order valence-electron chi connectivity index (χ4n) is 4.07. The maximum absolute atomic E-state index is 12.2. The molecule has 0 bridgehead atoms. The van der Waals surface area contributed by atoms with Crippen LogP contribution in [0.15, 0.2) is 12.2 Å². The monoisotopic (exact) mass is 384 g/mol. The summed E-state index contributed by atoms with van der Waals surface area (Å²) < 4.78 is 16.7. The van der Waals surface area contributed by atoms with Gasteiger partial charge in [0, 0.05) is 20.3 Å². The van der Waals surface area contributed by atoms with Gasteiger partial charge in [-0.05, 0) is 63.0 Å². The summed E-state index contributed by atoms with van der Waals surface area (Å²) in [6.45, 7) is 2.07. The maximum Gasteiger partial charge on any atom is 0.334 e. The summed E-state index contributed by atoms with van der Waals surface area (Å²) in [4.78, 5) is 12.2. The van der Waals surface area contributed by atoms with Gasteiger partial charge in [-0.25, -0.2) is 4.79 Å². The van der Waals surface area contributed by atoms with Crippen LogP contribution >= 0.6 is 0 Å². The fraction of sp³-hybridized carbons (Fsp3) is 0.850. The van der Waals surface area contributed by atoms with Crippen molar-refractivity contribution in [1.82, 2.24) is 0 Å². The van der Waals surface area contributed by atoms with Crippen LogP contribution in [-0.2, 0) is 18.4 Å². The van der Waals surface area contributed by atoms with Crippen LogP contribution in [-0.4, -0.2) is 46.1 Å². The highest BCUT2D eigenvalue weighted by Crippen LogP contribution is 2.32. The van der Waals surface area contributed by atoms with Gasteiger partial charge < -0.3 is 18.7 Å². The lowest BCUT2D eigenvalue weighted by Crippen LogP contribution is -2.39. The van der Waals surface area contributed by atoms with Crippen molar-refractivity contribution >= 4 is 14.5 Å². The molecule has 2 aliphatic rings. The molecule has 2 rings (SSSR count). The molecule has 0 spiro atoms. The molecule has 3 atom stereocenters. The van der Waals surface area contributed by atoms with Gasteiger partial charge in [-0.3, -0.25) is 0 Å². The van der Waals surface area contributed by atoms with E-state index >= 15 is 0 Å². The predicted octanol–water partition coefficient (Wildman–Crippen LogP) is 3.95. The van der Waals surface area contributed by atoms with Gasteiger partial charge in [-0.2, -0.15) is 0 Å². The number of hydrogen-bond donors (Lipinski definition) is 1. The number of allylic oxidation sites excluding steroid dienone is 1. The van der Waals surface area contributed by atoms with Gasteiger partial charge in [0.05, 0.1) is 6.10 Å². The molecule has 2 aliphatic carbocycles. The number of rotatable bonds is 8. The van der Waals surface area contributed by atoms with Gasteiger partial charge in [0.1, 0.15) is 6.10 Å². The highest BCUT2D eigenvalue weighted by molar-refractivity contribution is 6.65. The molecule has 6 heteroatoms. The van der Waals surface area contributed by atoms with E-state index in [1.807, 2.05) is 6.08 Å². The lowest BCUT2D eigenvalue weighted by molar-refractivity contribution is -0.153. The number of aliphatic hydroxyl groups excluding tert-OH is 1. The molecule has 2 fully saturated rings. The van der Waals surface area contributed by atoms with Crippen molar-refractivity contribution in [2.75, 3.05) is 14.2 Å². The Bertz CT molecular complexity index is 457. The van der Waals surface area contributed by atoms with Crippen molar-refractivity contribution in [1.29, 1.82) is 0 Å². The third kappa shape index (κ3) is 6.80. The van der Waals surface area contributed by atoms with E-state index < -0.39 is 20.8 Å². The van der Waals surface area contributed by atoms with E-state index in [-0.39, 0.29) is 5.97 Å². The molecule has 0 aromatic carbocycles. The van der Waals surface area contributed by atoms with E-state index in [2.05, 4.69) is 6.55 Å². The minimum absolute atomic E-state index is 0.312. The Hall–Kier alpha value is -0.693. The van der Waals surface area contributed by atoms with Crippen LogP contribution in [0.25, 0.3) is 0 Å². The topological polar surface area (TPSA) is 65.0 Å². The third-order valence-corrected chi connectivity index (χ3v) is 9.08. The molecule has 0 radical (unpaired) electrons. The first kappa shape index (κ1) is 21.6. The Balaban J connectivity index is 1.79. The van der Waals surface area contributed by atoms with Crippen LogP contribution in [0.2, 0.25) is 12.6 Å². The van der Waals surface area contributed by atoms with Crippen LogP contribution in [0.1, 0.15) is 57.8 Å². The first-order valence-electron chi connectivity index (χ1n) is 10.1. The van der Waals surface area contributed by atoms with Gasteiger partial charge in [0.15, 0.2) is 0 Å². The Morgan fingerprint density at radius 2 is 1.81 bits per heavy atom. The molecule has 0 aliphatic heterocycles. The Morgan fingerprint density at radius 3 is 2.46 bits per heavy atom. The van der Waals surface area contributed by atoms with Gasteiger partial charge in [-0.15, -0.1) is 0 Å². The lowest BCUT2D eigenvalue weighted by atomic mass is 9.84. The summed E-state index contributed by atoms with van der Waals surface area (Å²) in [5, 5.41) is 10.2. The summed E-state index contributed by atoms with van der Waals surface area (Å²) in [5.74, 6) is 0.634. The zero-order chi connectivity index (χ0) is 19.0. The van der Waals surface area contributed by atoms with Gasteiger partial charge in [0.2, 0.25) is 0 Å². The van der Waals surface area contributed by atoms with Gasteiger partial charge in [-0.1, -0.05) is 25.3 Å². The molecular formula is C20H36O5Si. The zero-order valence-corrected chi connectivity index (χ0v) is 17.6. The number of hydrogen-bond acceptors (Lipinski definition) is 5. The summed E-state index contributed by atoms with van der Waals surface area (Å²) in [5.41, 5.74) is 0. The average Bonchev–Trinajstić information content (AvgIpc) is 2.67. The second-order valence-corrected chi connectivity index (χ2v) is 11.6. The largest absolute Gasteiger partial charge is 0.456 e. The van der Waals surface area contributed by atoms with Crippen LogP contribution < -0.4 is 0 Å². The van der Waals surface area contributed by atoms with E-state index in [1.54, 1.807) is 20.3 Å². The molecule has 26 heavy (non-hydrogen) atoms. The van der Waals surface area contributed by atoms with Crippen molar-refractivity contribution in [2.24, 2.45) is 11.8 Å². The molecular weight excluding hydrogens is 348 g/mol. The fourth-order valence-corrected chi connectivity index (χ4v) is 5.58. The van der Waals surface area contributed by atoms with Crippen LogP contribution in [0, 0.1) is 11.8 Å². The van der Waals surface area contributed by atoms with Crippen molar-refractivity contribution in [3.8, 4) is 0 Å². The standard InChI is InChI=1S/C20H36O5Si/c1-23-26(3,24-2)14-13-17-9-11-18(21)19(15-17)25-20(22)12-10-16-7-5-4-6-8-16/h10,12,16-19,21H,4-9,11,13-15H2,1-3H3/b12-10+. The normalized spacial score (nSPS) is 28.4. The van der Waals surface area contributed by atoms with Gasteiger partial charge in [0.25, 0.3) is 0 Å². The van der Waals surface area contributed by atoms with Crippen LogP contribution in [0.4, 0.5) is 0 Å². The average molecular weight is 385 g/mol. The Kier molecular flexibility index (Phi) is 8.80. The number of ether oxygens (including phenoxy) is 1. The molecule has 0 amide bonds. The minimum Gasteiger partial charge on any atom is -0.456 e. The van der Waals surface area contributed by atoms with E-state index in [1.165, 1.54) is 32.1 Å². The molecule has 2 saturated carbocycles. The molecule has 0 heterocycles. The second-order valence-electron chi connectivity index (χ2n) is 8.06. The summed E-state index contributed by atoms with van der Waals surface area (Å²) >= 11 is 0. The number of aliphatic hydroxyl groups is 1. The van der Waals surface area contributed by atoms with Crippen molar-refractivity contribution in [3.63, 3.8) is 0 Å². The van der Waals surface area contributed by atoms with E-state index in [4.69, 9.17) is 13.6 Å².